The lowest BCUT2D eigenvalue weighted by Crippen LogP contribution is -2.31. The highest BCUT2D eigenvalue weighted by Gasteiger charge is 2.29. The maximum Gasteiger partial charge on any atom is 0.374 e. The summed E-state index contributed by atoms with van der Waals surface area (Å²) in [6, 6.07) is 4.20. The van der Waals surface area contributed by atoms with Crippen LogP contribution < -0.4 is 5.32 Å². The first-order valence-corrected chi connectivity index (χ1v) is 13.7. The van der Waals surface area contributed by atoms with Crippen molar-refractivity contribution >= 4 is 23.0 Å². The van der Waals surface area contributed by atoms with Gasteiger partial charge in [-0.15, -0.1) is 4.39 Å². The van der Waals surface area contributed by atoms with Crippen LogP contribution in [0.2, 0.25) is 0 Å². The first-order valence-electron chi connectivity index (χ1n) is 13.7. The first-order chi connectivity index (χ1) is 18.3. The molecule has 0 aromatic carbocycles. The van der Waals surface area contributed by atoms with Gasteiger partial charge in [0.05, 0.1) is 0 Å². The van der Waals surface area contributed by atoms with Crippen molar-refractivity contribution in [2.45, 2.75) is 84.2 Å². The molecule has 3 aromatic heterocycles. The molecule has 0 saturated heterocycles. The van der Waals surface area contributed by atoms with E-state index in [1.54, 1.807) is 12.4 Å². The molecule has 5 rings (SSSR count). The van der Waals surface area contributed by atoms with Crippen molar-refractivity contribution in [3.63, 3.8) is 0 Å². The Bertz CT molecular complexity index is 1380. The van der Waals surface area contributed by atoms with E-state index in [4.69, 9.17) is 4.98 Å². The van der Waals surface area contributed by atoms with Crippen LogP contribution in [0.25, 0.3) is 22.7 Å². The predicted molar refractivity (Wildman–Crippen MR) is 144 cm³/mol. The first kappa shape index (κ1) is 26.1. The average Bonchev–Trinajstić information content (AvgIpc) is 3.22. The molecule has 0 amide bonds. The van der Waals surface area contributed by atoms with Crippen molar-refractivity contribution in [3.05, 3.63) is 29.7 Å². The van der Waals surface area contributed by atoms with E-state index in [1.165, 1.54) is 6.42 Å². The van der Waals surface area contributed by atoms with Gasteiger partial charge in [-0.2, -0.15) is 0 Å². The van der Waals surface area contributed by atoms with Crippen molar-refractivity contribution in [2.75, 3.05) is 5.32 Å². The molecule has 2 fully saturated rings. The van der Waals surface area contributed by atoms with Crippen LogP contribution >= 0.6 is 0 Å². The van der Waals surface area contributed by atoms with Gasteiger partial charge in [-0.1, -0.05) is 26.2 Å². The molecule has 0 aliphatic heterocycles. The molecule has 0 bridgehead atoms. The molecule has 0 unspecified atom stereocenters. The number of nitrogens with one attached hydrogen (secondary N) is 1. The fraction of sp³-hybridized carbons (Fsp3) is 0.552. The highest BCUT2D eigenvalue weighted by molar-refractivity contribution is 5.92. The van der Waals surface area contributed by atoms with Gasteiger partial charge in [-0.05, 0) is 80.9 Å². The molecular weight excluding hydrogens is 483 g/mol. The molecule has 2 saturated carbocycles. The number of imidazole rings is 1. The lowest BCUT2D eigenvalue weighted by atomic mass is 9.80. The van der Waals surface area contributed by atoms with Crippen molar-refractivity contribution in [1.82, 2.24) is 24.5 Å². The zero-order valence-electron chi connectivity index (χ0n) is 22.2. The molecule has 2 aliphatic rings. The smallest absolute Gasteiger partial charge is 0.374 e. The van der Waals surface area contributed by atoms with Crippen molar-refractivity contribution in [2.24, 2.45) is 17.8 Å². The molecule has 3 aromatic rings. The molecule has 2 aliphatic carbocycles. The summed E-state index contributed by atoms with van der Waals surface area (Å²) in [6.45, 7) is 7.06. The van der Waals surface area contributed by atoms with E-state index in [0.29, 0.717) is 47.1 Å². The van der Waals surface area contributed by atoms with Crippen LogP contribution in [-0.4, -0.2) is 41.6 Å². The lowest BCUT2D eigenvalue weighted by Gasteiger charge is -2.32. The van der Waals surface area contributed by atoms with Crippen LogP contribution in [0.3, 0.4) is 0 Å². The average molecular weight is 519 g/mol. The summed E-state index contributed by atoms with van der Waals surface area (Å²) in [4.78, 5) is 30.2. The minimum Gasteiger partial charge on any atom is -0.475 e. The van der Waals surface area contributed by atoms with Gasteiger partial charge in [0.1, 0.15) is 17.4 Å². The van der Waals surface area contributed by atoms with Gasteiger partial charge < -0.3 is 15.0 Å². The largest absolute Gasteiger partial charge is 0.475 e. The van der Waals surface area contributed by atoms with Crippen molar-refractivity contribution in [1.29, 1.82) is 0 Å². The number of carboxylic acids is 1. The molecule has 200 valence electrons. The van der Waals surface area contributed by atoms with Crippen LogP contribution in [0, 0.1) is 29.8 Å². The second-order valence-electron chi connectivity index (χ2n) is 11.1. The topological polar surface area (TPSA) is 106 Å². The summed E-state index contributed by atoms with van der Waals surface area (Å²) in [5.74, 6) is 3.67. The van der Waals surface area contributed by atoms with Crippen LogP contribution in [0.4, 0.5) is 10.2 Å². The molecular formula is C29H35FN6O2. The summed E-state index contributed by atoms with van der Waals surface area (Å²) < 4.78 is 14.7. The van der Waals surface area contributed by atoms with E-state index in [-0.39, 0.29) is 17.8 Å². The van der Waals surface area contributed by atoms with Gasteiger partial charge in [0, 0.05) is 24.7 Å². The third-order valence-corrected chi connectivity index (χ3v) is 8.24. The number of nitrogens with zero attached hydrogens (tertiary/aromatic N) is 5. The summed E-state index contributed by atoms with van der Waals surface area (Å²) in [5, 5.41) is 13.3. The van der Waals surface area contributed by atoms with Gasteiger partial charge >= 0.3 is 5.97 Å². The van der Waals surface area contributed by atoms with E-state index in [0.717, 1.165) is 49.8 Å². The Kier molecular flexibility index (Phi) is 7.59. The van der Waals surface area contributed by atoms with Crippen LogP contribution in [0.1, 0.15) is 87.8 Å². The van der Waals surface area contributed by atoms with E-state index in [9.17, 15) is 14.3 Å². The number of anilines is 1. The SMILES string of the molecule is CC(C)c1ccnc(-c2nc3nc(C(=O)O)nc(N[C@H](C)C4CCC4)c3n2CC2CCC(C#CF)CC2)c1. The number of carbonyl (C=O) groups is 1. The number of rotatable bonds is 8. The third-order valence-electron chi connectivity index (χ3n) is 8.24. The number of halogens is 1. The Morgan fingerprint density at radius 3 is 2.55 bits per heavy atom. The monoisotopic (exact) mass is 518 g/mol. The highest BCUT2D eigenvalue weighted by Crippen LogP contribution is 2.36. The number of aromatic nitrogens is 5. The lowest BCUT2D eigenvalue weighted by molar-refractivity contribution is 0.0684. The standard InChI is InChI=1S/C29H35FN6O2/c1-17(2)22-12-14-31-23(15-22)28-35-26-24(36(28)16-20-9-7-19(8-10-20)11-13-30)25(33-27(34-26)29(37)38)32-18(3)21-5-4-6-21/h12,14-15,17-21H,4-10,16H2,1-3H3,(H,37,38)(H,32,33,34)/t18-,19?,20?/m1/s1. The fourth-order valence-electron chi connectivity index (χ4n) is 5.63. The maximum atomic E-state index is 12.6. The Morgan fingerprint density at radius 1 is 1.16 bits per heavy atom. The minimum absolute atomic E-state index is 0.0988. The number of pyridine rings is 1. The fourth-order valence-corrected chi connectivity index (χ4v) is 5.63. The quantitative estimate of drug-likeness (QED) is 0.350. The number of hydrogen-bond acceptors (Lipinski definition) is 6. The Labute approximate surface area is 222 Å². The van der Waals surface area contributed by atoms with Gasteiger partial charge in [0.15, 0.2) is 17.3 Å². The Balaban J connectivity index is 1.62. The molecule has 0 spiro atoms. The molecule has 9 heteroatoms. The summed E-state index contributed by atoms with van der Waals surface area (Å²) in [7, 11) is 0. The van der Waals surface area contributed by atoms with Gasteiger partial charge in [-0.25, -0.2) is 19.7 Å². The summed E-state index contributed by atoms with van der Waals surface area (Å²) in [5.41, 5.74) is 2.93. The molecule has 1 atom stereocenters. The number of aromatic carboxylic acids is 1. The molecule has 38 heavy (non-hydrogen) atoms. The minimum atomic E-state index is -1.19. The van der Waals surface area contributed by atoms with Crippen LogP contribution in [0.15, 0.2) is 18.3 Å². The predicted octanol–water partition coefficient (Wildman–Crippen LogP) is 6.05. The van der Waals surface area contributed by atoms with E-state index in [1.807, 2.05) is 12.1 Å². The van der Waals surface area contributed by atoms with E-state index < -0.39 is 5.97 Å². The van der Waals surface area contributed by atoms with Crippen LogP contribution in [-0.2, 0) is 6.54 Å². The molecule has 0 radical (unpaired) electrons. The molecule has 2 N–H and O–H groups in total. The van der Waals surface area contributed by atoms with Crippen LogP contribution in [0.5, 0.6) is 0 Å². The third kappa shape index (κ3) is 5.35. The molecule has 8 nitrogen and oxygen atoms in total. The highest BCUT2D eigenvalue weighted by atomic mass is 19.1. The van der Waals surface area contributed by atoms with E-state index >= 15 is 0 Å². The Hall–Kier alpha value is -3.54. The maximum absolute atomic E-state index is 12.6. The second-order valence-corrected chi connectivity index (χ2v) is 11.1. The zero-order valence-corrected chi connectivity index (χ0v) is 22.2. The van der Waals surface area contributed by atoms with E-state index in [2.05, 4.69) is 51.5 Å². The Morgan fingerprint density at radius 2 is 1.92 bits per heavy atom. The van der Waals surface area contributed by atoms with Crippen molar-refractivity contribution < 1.29 is 14.3 Å². The summed E-state index contributed by atoms with van der Waals surface area (Å²) >= 11 is 0. The molecule has 3 heterocycles. The van der Waals surface area contributed by atoms with Crippen molar-refractivity contribution in [3.8, 4) is 23.6 Å². The van der Waals surface area contributed by atoms with Gasteiger partial charge in [0.25, 0.3) is 0 Å². The number of carboxylic acid groups (broad SMARTS) is 1. The van der Waals surface area contributed by atoms with Gasteiger partial charge in [-0.3, -0.25) is 4.98 Å². The number of hydrogen-bond donors (Lipinski definition) is 2. The second kappa shape index (κ2) is 11.1. The van der Waals surface area contributed by atoms with Gasteiger partial charge in [0.2, 0.25) is 5.82 Å². The normalized spacial score (nSPS) is 20.6. The zero-order chi connectivity index (χ0) is 26.8. The summed E-state index contributed by atoms with van der Waals surface area (Å²) in [6.07, 6.45) is 10.4. The number of fused-ring (bicyclic) bond motifs is 1.